The first kappa shape index (κ1) is 16.1. The van der Waals surface area contributed by atoms with Crippen LogP contribution in [-0.2, 0) is 14.4 Å². The monoisotopic (exact) mass is 378 g/mol. The van der Waals surface area contributed by atoms with Crippen molar-refractivity contribution in [2.24, 2.45) is 11.1 Å². The van der Waals surface area contributed by atoms with E-state index in [2.05, 4.69) is 5.16 Å². The van der Waals surface area contributed by atoms with Gasteiger partial charge in [0.25, 0.3) is 5.91 Å². The minimum atomic E-state index is -1.05. The van der Waals surface area contributed by atoms with Gasteiger partial charge in [-0.3, -0.25) is 9.59 Å². The number of carbonyl (C=O) groups is 2. The maximum atomic E-state index is 13.1. The summed E-state index contributed by atoms with van der Waals surface area (Å²) in [4.78, 5) is 31.6. The van der Waals surface area contributed by atoms with Crippen molar-refractivity contribution in [2.45, 2.75) is 6.10 Å². The summed E-state index contributed by atoms with van der Waals surface area (Å²) >= 11 is 11.9. The number of nitrogens with zero attached hydrogens (tertiary/aromatic N) is 2. The summed E-state index contributed by atoms with van der Waals surface area (Å²) in [5.74, 6) is -2.34. The van der Waals surface area contributed by atoms with E-state index in [0.29, 0.717) is 21.3 Å². The highest BCUT2D eigenvalue weighted by Crippen LogP contribution is 2.36. The van der Waals surface area contributed by atoms with E-state index in [1.807, 2.05) is 0 Å². The van der Waals surface area contributed by atoms with Gasteiger partial charge in [0.15, 0.2) is 0 Å². The number of rotatable bonds is 2. The van der Waals surface area contributed by atoms with Crippen LogP contribution in [0.4, 0.5) is 10.1 Å². The highest BCUT2D eigenvalue weighted by molar-refractivity contribution is 6.37. The van der Waals surface area contributed by atoms with Crippen LogP contribution in [-0.4, -0.2) is 23.6 Å². The first-order valence-electron chi connectivity index (χ1n) is 7.29. The third-order valence-corrected chi connectivity index (χ3v) is 4.49. The number of carbonyl (C=O) groups excluding carboxylic acids is 2. The van der Waals surface area contributed by atoms with Crippen molar-refractivity contribution in [2.75, 3.05) is 4.90 Å². The van der Waals surface area contributed by atoms with Crippen LogP contribution in [0.1, 0.15) is 5.56 Å². The SMILES string of the molecule is O=C1[C@H]2C(c3ccc(F)cc3)=NO[C@@H]2C(=O)N1c1cc(Cl)cc(Cl)c1. The molecule has 25 heavy (non-hydrogen) atoms. The summed E-state index contributed by atoms with van der Waals surface area (Å²) in [6, 6.07) is 9.91. The predicted molar refractivity (Wildman–Crippen MR) is 90.3 cm³/mol. The van der Waals surface area contributed by atoms with E-state index in [9.17, 15) is 14.0 Å². The molecular formula is C17H9Cl2FN2O3. The van der Waals surface area contributed by atoms with Gasteiger partial charge in [0.2, 0.25) is 12.0 Å². The molecule has 8 heteroatoms. The second kappa shape index (κ2) is 5.82. The van der Waals surface area contributed by atoms with E-state index in [1.165, 1.54) is 42.5 Å². The third-order valence-electron chi connectivity index (χ3n) is 4.06. The molecule has 4 rings (SSSR count). The van der Waals surface area contributed by atoms with E-state index >= 15 is 0 Å². The Balaban J connectivity index is 1.72. The first-order chi connectivity index (χ1) is 12.0. The smallest absolute Gasteiger partial charge is 0.278 e. The molecule has 0 aromatic heterocycles. The van der Waals surface area contributed by atoms with Gasteiger partial charge in [-0.1, -0.05) is 40.5 Å². The van der Waals surface area contributed by atoms with Crippen LogP contribution in [0, 0.1) is 11.7 Å². The average Bonchev–Trinajstić information content (AvgIpc) is 3.08. The van der Waals surface area contributed by atoms with E-state index in [0.717, 1.165) is 4.90 Å². The lowest BCUT2D eigenvalue weighted by Crippen LogP contribution is -2.33. The van der Waals surface area contributed by atoms with Gasteiger partial charge in [-0.25, -0.2) is 9.29 Å². The first-order valence-corrected chi connectivity index (χ1v) is 8.05. The molecular weight excluding hydrogens is 370 g/mol. The van der Waals surface area contributed by atoms with Crippen LogP contribution < -0.4 is 4.90 Å². The molecule has 2 heterocycles. The Kier molecular flexibility index (Phi) is 3.74. The molecule has 0 aliphatic carbocycles. The minimum absolute atomic E-state index is 0.268. The van der Waals surface area contributed by atoms with Gasteiger partial charge in [-0.05, 0) is 30.3 Å². The third kappa shape index (κ3) is 2.58. The number of amides is 2. The normalized spacial score (nSPS) is 22.0. The van der Waals surface area contributed by atoms with Gasteiger partial charge in [-0.2, -0.15) is 0 Å². The van der Waals surface area contributed by atoms with Crippen molar-refractivity contribution in [3.63, 3.8) is 0 Å². The van der Waals surface area contributed by atoms with Crippen molar-refractivity contribution in [1.29, 1.82) is 0 Å². The molecule has 0 spiro atoms. The zero-order valence-electron chi connectivity index (χ0n) is 12.4. The molecule has 2 aromatic carbocycles. The van der Waals surface area contributed by atoms with Gasteiger partial charge < -0.3 is 4.84 Å². The molecule has 2 aromatic rings. The van der Waals surface area contributed by atoms with E-state index in [4.69, 9.17) is 28.0 Å². The van der Waals surface area contributed by atoms with Gasteiger partial charge in [-0.15, -0.1) is 0 Å². The summed E-state index contributed by atoms with van der Waals surface area (Å²) < 4.78 is 13.1. The highest BCUT2D eigenvalue weighted by atomic mass is 35.5. The summed E-state index contributed by atoms with van der Waals surface area (Å²) in [5, 5.41) is 4.46. The number of halogens is 3. The number of anilines is 1. The molecule has 1 saturated heterocycles. The second-order valence-corrected chi connectivity index (χ2v) is 6.50. The van der Waals surface area contributed by atoms with E-state index in [-0.39, 0.29) is 5.69 Å². The number of oxime groups is 1. The van der Waals surface area contributed by atoms with Crippen LogP contribution in [0.15, 0.2) is 47.6 Å². The summed E-state index contributed by atoms with van der Waals surface area (Å²) in [6.45, 7) is 0. The number of benzene rings is 2. The molecule has 2 aliphatic heterocycles. The molecule has 0 unspecified atom stereocenters. The Bertz CT molecular complexity index is 910. The zero-order chi connectivity index (χ0) is 17.7. The molecule has 2 atom stereocenters. The Morgan fingerprint density at radius 3 is 2.28 bits per heavy atom. The molecule has 2 aliphatic rings. The number of hydrogen-bond donors (Lipinski definition) is 0. The molecule has 1 fully saturated rings. The van der Waals surface area contributed by atoms with Crippen molar-refractivity contribution in [3.05, 3.63) is 63.9 Å². The van der Waals surface area contributed by atoms with Gasteiger partial charge in [0.1, 0.15) is 17.4 Å². The number of fused-ring (bicyclic) bond motifs is 1. The zero-order valence-corrected chi connectivity index (χ0v) is 14.0. The van der Waals surface area contributed by atoms with Crippen LogP contribution in [0.25, 0.3) is 0 Å². The lowest BCUT2D eigenvalue weighted by Gasteiger charge is -2.16. The molecule has 0 saturated carbocycles. The lowest BCUT2D eigenvalue weighted by atomic mass is 9.94. The Morgan fingerprint density at radius 2 is 1.64 bits per heavy atom. The van der Waals surface area contributed by atoms with Crippen molar-refractivity contribution < 1.29 is 18.8 Å². The van der Waals surface area contributed by atoms with Crippen molar-refractivity contribution in [3.8, 4) is 0 Å². The maximum absolute atomic E-state index is 13.1. The van der Waals surface area contributed by atoms with Crippen LogP contribution in [0.3, 0.4) is 0 Å². The minimum Gasteiger partial charge on any atom is -0.381 e. The summed E-state index contributed by atoms with van der Waals surface area (Å²) in [6.07, 6.45) is -1.05. The standard InChI is InChI=1S/C17H9Cl2FN2O3/c18-9-5-10(19)7-12(6-9)22-16(23)13-14(21-25-15(13)17(22)24)8-1-3-11(20)4-2-8/h1-7,13,15H/t13-,15-/m0/s1. The van der Waals surface area contributed by atoms with Crippen LogP contribution >= 0.6 is 23.2 Å². The number of imide groups is 1. The Morgan fingerprint density at radius 1 is 1.00 bits per heavy atom. The quantitative estimate of drug-likeness (QED) is 0.752. The fourth-order valence-electron chi connectivity index (χ4n) is 2.96. The molecule has 5 nitrogen and oxygen atoms in total. The van der Waals surface area contributed by atoms with Crippen molar-refractivity contribution >= 4 is 46.4 Å². The number of hydrogen-bond acceptors (Lipinski definition) is 4. The lowest BCUT2D eigenvalue weighted by molar-refractivity contribution is -0.126. The second-order valence-electron chi connectivity index (χ2n) is 5.63. The largest absolute Gasteiger partial charge is 0.381 e. The summed E-state index contributed by atoms with van der Waals surface area (Å²) in [5.41, 5.74) is 1.07. The Labute approximate surface area is 151 Å². The maximum Gasteiger partial charge on any atom is 0.278 e. The molecule has 2 amide bonds. The van der Waals surface area contributed by atoms with Crippen LogP contribution in [0.2, 0.25) is 10.0 Å². The van der Waals surface area contributed by atoms with Crippen molar-refractivity contribution in [1.82, 2.24) is 0 Å². The Hall–Kier alpha value is -2.44. The van der Waals surface area contributed by atoms with E-state index < -0.39 is 29.7 Å². The molecule has 0 N–H and O–H groups in total. The van der Waals surface area contributed by atoms with Crippen LogP contribution in [0.5, 0.6) is 0 Å². The molecule has 0 radical (unpaired) electrons. The molecule has 126 valence electrons. The topological polar surface area (TPSA) is 59.0 Å². The van der Waals surface area contributed by atoms with E-state index in [1.54, 1.807) is 0 Å². The predicted octanol–water partition coefficient (Wildman–Crippen LogP) is 3.43. The van der Waals surface area contributed by atoms with Gasteiger partial charge >= 0.3 is 0 Å². The fourth-order valence-corrected chi connectivity index (χ4v) is 3.47. The molecule has 0 bridgehead atoms. The summed E-state index contributed by atoms with van der Waals surface area (Å²) in [7, 11) is 0. The fraction of sp³-hybridized carbons (Fsp3) is 0.118. The highest BCUT2D eigenvalue weighted by Gasteiger charge is 2.56. The average molecular weight is 379 g/mol. The van der Waals surface area contributed by atoms with Gasteiger partial charge in [0.05, 0.1) is 5.69 Å². The van der Waals surface area contributed by atoms with Gasteiger partial charge in [0, 0.05) is 15.6 Å².